The van der Waals surface area contributed by atoms with E-state index in [1.54, 1.807) is 11.3 Å². The molecule has 2 rings (SSSR count). The number of rotatable bonds is 7. The smallest absolute Gasteiger partial charge is 0.220 e. The van der Waals surface area contributed by atoms with Crippen molar-refractivity contribution in [1.82, 2.24) is 10.3 Å². The van der Waals surface area contributed by atoms with Crippen LogP contribution in [-0.4, -0.2) is 10.9 Å². The monoisotopic (exact) mass is 302 g/mol. The molecule has 0 saturated carbocycles. The van der Waals surface area contributed by atoms with Crippen LogP contribution in [0.3, 0.4) is 0 Å². The van der Waals surface area contributed by atoms with E-state index in [1.165, 1.54) is 16.0 Å². The van der Waals surface area contributed by atoms with Crippen molar-refractivity contribution < 1.29 is 4.79 Å². The Labute approximate surface area is 130 Å². The van der Waals surface area contributed by atoms with Gasteiger partial charge in [0, 0.05) is 23.9 Å². The van der Waals surface area contributed by atoms with Gasteiger partial charge in [-0.3, -0.25) is 4.79 Å². The summed E-state index contributed by atoms with van der Waals surface area (Å²) in [6.45, 7) is 4.72. The molecule has 112 valence electrons. The molecule has 21 heavy (non-hydrogen) atoms. The first kappa shape index (κ1) is 15.7. The van der Waals surface area contributed by atoms with Crippen LogP contribution in [0.5, 0.6) is 0 Å². The van der Waals surface area contributed by atoms with Gasteiger partial charge >= 0.3 is 0 Å². The molecule has 0 spiro atoms. The second kappa shape index (κ2) is 7.93. The van der Waals surface area contributed by atoms with Gasteiger partial charge < -0.3 is 5.32 Å². The molecule has 2 aromatic rings. The quantitative estimate of drug-likeness (QED) is 0.844. The maximum atomic E-state index is 11.6. The van der Waals surface area contributed by atoms with Crippen LogP contribution in [0.1, 0.15) is 47.2 Å². The molecule has 0 aliphatic rings. The average molecular weight is 302 g/mol. The average Bonchev–Trinajstić information content (AvgIpc) is 2.93. The molecule has 4 heteroatoms. The molecule has 0 atom stereocenters. The third-order valence-electron chi connectivity index (χ3n) is 3.29. The van der Waals surface area contributed by atoms with Crippen molar-refractivity contribution in [2.45, 2.75) is 46.1 Å². The summed E-state index contributed by atoms with van der Waals surface area (Å²) >= 11 is 1.67. The van der Waals surface area contributed by atoms with Gasteiger partial charge in [0.05, 0.1) is 6.54 Å². The van der Waals surface area contributed by atoms with Crippen molar-refractivity contribution in [1.29, 1.82) is 0 Å². The summed E-state index contributed by atoms with van der Waals surface area (Å²) in [5.74, 6) is 0.118. The summed E-state index contributed by atoms with van der Waals surface area (Å²) < 4.78 is 0. The Kier molecular flexibility index (Phi) is 5.93. The van der Waals surface area contributed by atoms with Crippen LogP contribution >= 0.6 is 11.3 Å². The number of unbranched alkanes of at least 4 members (excludes halogenated alkanes) is 1. The molecule has 1 aromatic heterocycles. The van der Waals surface area contributed by atoms with Gasteiger partial charge in [-0.25, -0.2) is 4.98 Å². The molecule has 1 N–H and O–H groups in total. The van der Waals surface area contributed by atoms with Crippen molar-refractivity contribution in [2.75, 3.05) is 0 Å². The first-order chi connectivity index (χ1) is 10.2. The first-order valence-electron chi connectivity index (χ1n) is 7.43. The van der Waals surface area contributed by atoms with Gasteiger partial charge in [0.1, 0.15) is 5.01 Å². The lowest BCUT2D eigenvalue weighted by Crippen LogP contribution is -2.22. The fourth-order valence-corrected chi connectivity index (χ4v) is 2.92. The van der Waals surface area contributed by atoms with Crippen LogP contribution in [0.15, 0.2) is 30.5 Å². The third-order valence-corrected chi connectivity index (χ3v) is 4.29. The zero-order valence-electron chi connectivity index (χ0n) is 12.7. The highest BCUT2D eigenvalue weighted by atomic mass is 32.1. The highest BCUT2D eigenvalue weighted by molar-refractivity contribution is 7.11. The van der Waals surface area contributed by atoms with Crippen LogP contribution in [0.2, 0.25) is 0 Å². The molecule has 0 fully saturated rings. The number of hydrogen-bond donors (Lipinski definition) is 1. The molecule has 1 aromatic carbocycles. The summed E-state index contributed by atoms with van der Waals surface area (Å²) in [6, 6.07) is 8.57. The first-order valence-corrected chi connectivity index (χ1v) is 8.25. The summed E-state index contributed by atoms with van der Waals surface area (Å²) in [5, 5.41) is 3.90. The maximum absolute atomic E-state index is 11.6. The van der Waals surface area contributed by atoms with Crippen LogP contribution < -0.4 is 5.32 Å². The fraction of sp³-hybridized carbons (Fsp3) is 0.412. The SMILES string of the molecule is CCCCC(=O)NCc1ncc(Cc2ccc(C)cc2)s1. The molecule has 0 bridgehead atoms. The third kappa shape index (κ3) is 5.31. The van der Waals surface area contributed by atoms with Gasteiger partial charge in [-0.1, -0.05) is 43.2 Å². The van der Waals surface area contributed by atoms with Crippen molar-refractivity contribution >= 4 is 17.2 Å². The van der Waals surface area contributed by atoms with E-state index < -0.39 is 0 Å². The Bertz CT molecular complexity index is 575. The highest BCUT2D eigenvalue weighted by Gasteiger charge is 2.05. The minimum Gasteiger partial charge on any atom is -0.350 e. The lowest BCUT2D eigenvalue weighted by Gasteiger charge is -2.01. The van der Waals surface area contributed by atoms with Crippen LogP contribution in [0, 0.1) is 6.92 Å². The summed E-state index contributed by atoms with van der Waals surface area (Å²) in [4.78, 5) is 17.2. The van der Waals surface area contributed by atoms with E-state index in [0.29, 0.717) is 13.0 Å². The fourth-order valence-electron chi connectivity index (χ4n) is 2.02. The molecule has 0 unspecified atom stereocenters. The number of amides is 1. The normalized spacial score (nSPS) is 10.6. The molecular weight excluding hydrogens is 280 g/mol. The van der Waals surface area contributed by atoms with Crippen LogP contribution in [-0.2, 0) is 17.8 Å². The van der Waals surface area contributed by atoms with Crippen molar-refractivity contribution in [3.63, 3.8) is 0 Å². The lowest BCUT2D eigenvalue weighted by molar-refractivity contribution is -0.121. The summed E-state index contributed by atoms with van der Waals surface area (Å²) in [7, 11) is 0. The number of carbonyl (C=O) groups is 1. The minimum absolute atomic E-state index is 0.118. The number of hydrogen-bond acceptors (Lipinski definition) is 3. The van der Waals surface area contributed by atoms with E-state index in [2.05, 4.69) is 48.4 Å². The van der Waals surface area contributed by atoms with Crippen molar-refractivity contribution in [2.24, 2.45) is 0 Å². The zero-order chi connectivity index (χ0) is 15.1. The van der Waals surface area contributed by atoms with Gasteiger partial charge in [-0.15, -0.1) is 11.3 Å². The molecule has 0 radical (unpaired) electrons. The van der Waals surface area contributed by atoms with Gasteiger partial charge in [-0.2, -0.15) is 0 Å². The Hall–Kier alpha value is -1.68. The number of aromatic nitrogens is 1. The number of nitrogens with zero attached hydrogens (tertiary/aromatic N) is 1. The number of benzene rings is 1. The van der Waals surface area contributed by atoms with E-state index in [9.17, 15) is 4.79 Å². The van der Waals surface area contributed by atoms with Gasteiger partial charge in [0.15, 0.2) is 0 Å². The van der Waals surface area contributed by atoms with Gasteiger partial charge in [0.25, 0.3) is 0 Å². The topological polar surface area (TPSA) is 42.0 Å². The van der Waals surface area contributed by atoms with E-state index in [1.807, 2.05) is 6.20 Å². The van der Waals surface area contributed by atoms with E-state index in [0.717, 1.165) is 24.3 Å². The second-order valence-corrected chi connectivity index (χ2v) is 6.46. The molecule has 1 heterocycles. The largest absolute Gasteiger partial charge is 0.350 e. The number of aryl methyl sites for hydroxylation is 1. The van der Waals surface area contributed by atoms with Crippen molar-refractivity contribution in [3.05, 3.63) is 51.5 Å². The van der Waals surface area contributed by atoms with Crippen molar-refractivity contribution in [3.8, 4) is 0 Å². The van der Waals surface area contributed by atoms with E-state index >= 15 is 0 Å². The molecule has 0 aliphatic carbocycles. The Morgan fingerprint density at radius 2 is 2.05 bits per heavy atom. The molecular formula is C17H22N2OS. The Morgan fingerprint density at radius 3 is 2.76 bits per heavy atom. The number of carbonyl (C=O) groups excluding carboxylic acids is 1. The van der Waals surface area contributed by atoms with E-state index in [4.69, 9.17) is 0 Å². The highest BCUT2D eigenvalue weighted by Crippen LogP contribution is 2.17. The molecule has 0 saturated heterocycles. The zero-order valence-corrected chi connectivity index (χ0v) is 13.5. The second-order valence-electron chi connectivity index (χ2n) is 5.26. The number of nitrogens with one attached hydrogen (secondary N) is 1. The minimum atomic E-state index is 0.118. The molecule has 0 aliphatic heterocycles. The van der Waals surface area contributed by atoms with Crippen LogP contribution in [0.25, 0.3) is 0 Å². The lowest BCUT2D eigenvalue weighted by atomic mass is 10.1. The van der Waals surface area contributed by atoms with Gasteiger partial charge in [-0.05, 0) is 18.9 Å². The Morgan fingerprint density at radius 1 is 1.29 bits per heavy atom. The molecule has 1 amide bonds. The Balaban J connectivity index is 1.83. The predicted molar refractivity (Wildman–Crippen MR) is 87.5 cm³/mol. The summed E-state index contributed by atoms with van der Waals surface area (Å²) in [5.41, 5.74) is 2.57. The van der Waals surface area contributed by atoms with Gasteiger partial charge in [0.2, 0.25) is 5.91 Å². The number of thiazole rings is 1. The predicted octanol–water partition coefficient (Wildman–Crippen LogP) is 3.85. The van der Waals surface area contributed by atoms with Crippen LogP contribution in [0.4, 0.5) is 0 Å². The maximum Gasteiger partial charge on any atom is 0.220 e. The summed E-state index contributed by atoms with van der Waals surface area (Å²) in [6.07, 6.45) is 5.42. The molecule has 3 nitrogen and oxygen atoms in total. The van der Waals surface area contributed by atoms with E-state index in [-0.39, 0.29) is 5.91 Å². The standard InChI is InChI=1S/C17H22N2OS/c1-3-4-5-16(20)18-12-17-19-11-15(21-17)10-14-8-6-13(2)7-9-14/h6-9,11H,3-5,10,12H2,1-2H3,(H,18,20).